The van der Waals surface area contributed by atoms with Crippen LogP contribution in [0.4, 0.5) is 13.2 Å². The van der Waals surface area contributed by atoms with Crippen LogP contribution in [0, 0.1) is 17.5 Å². The molecule has 2 aromatic rings. The van der Waals surface area contributed by atoms with E-state index >= 15 is 8.78 Å². The summed E-state index contributed by atoms with van der Waals surface area (Å²) < 4.78 is 61.1. The average molecular weight is 517 g/mol. The number of esters is 1. The van der Waals surface area contributed by atoms with Gasteiger partial charge in [-0.3, -0.25) is 0 Å². The van der Waals surface area contributed by atoms with Gasteiger partial charge in [0.15, 0.2) is 11.6 Å². The van der Waals surface area contributed by atoms with Crippen LogP contribution >= 0.6 is 0 Å². The molecule has 0 aliphatic heterocycles. The molecule has 37 heavy (non-hydrogen) atoms. The first-order valence-electron chi connectivity index (χ1n) is 13.2. The Labute approximate surface area is 216 Å². The minimum atomic E-state index is -0.759. The van der Waals surface area contributed by atoms with Gasteiger partial charge in [-0.05, 0) is 93.4 Å². The zero-order chi connectivity index (χ0) is 26.4. The minimum Gasteiger partial charge on any atom is -0.489 e. The van der Waals surface area contributed by atoms with Gasteiger partial charge in [0.2, 0.25) is 0 Å². The molecule has 7 heteroatoms. The summed E-state index contributed by atoms with van der Waals surface area (Å²) in [4.78, 5) is 12.5. The number of halogens is 3. The molecular formula is C30H35F3O4. The van der Waals surface area contributed by atoms with Gasteiger partial charge in [-0.2, -0.15) is 0 Å². The second-order valence-electron chi connectivity index (χ2n) is 9.92. The lowest BCUT2D eigenvalue weighted by Crippen LogP contribution is -2.25. The van der Waals surface area contributed by atoms with Crippen molar-refractivity contribution in [1.82, 2.24) is 0 Å². The Hall–Kier alpha value is -2.80. The van der Waals surface area contributed by atoms with Crippen molar-refractivity contribution in [3.8, 4) is 5.75 Å². The summed E-state index contributed by atoms with van der Waals surface area (Å²) >= 11 is 0. The summed E-state index contributed by atoms with van der Waals surface area (Å²) in [5.74, 6) is -2.79. The molecule has 0 radical (unpaired) electrons. The topological polar surface area (TPSA) is 44.8 Å². The number of ether oxygens (including phenoxy) is 3. The summed E-state index contributed by atoms with van der Waals surface area (Å²) in [6.45, 7) is 6.41. The summed E-state index contributed by atoms with van der Waals surface area (Å²) in [6, 6.07) is 7.46. The van der Waals surface area contributed by atoms with E-state index in [4.69, 9.17) is 14.2 Å². The Morgan fingerprint density at radius 3 is 1.97 bits per heavy atom. The van der Waals surface area contributed by atoms with Crippen molar-refractivity contribution in [2.75, 3.05) is 13.2 Å². The summed E-state index contributed by atoms with van der Waals surface area (Å²) in [5, 5.41) is 0. The normalized spacial score (nSPS) is 23.9. The molecule has 4 rings (SSSR count). The molecule has 0 saturated heterocycles. The standard InChI is InChI=1S/C30H35F3O4/c1-3-17-36-23-13-14-26(27(31)18-23)30(34)37-22-11-7-20(8-12-22)25-16-15-24(28(32)29(25)33)19-5-9-21(10-6-19)35-4-2/h3,13-16,18-22H,1,4-12,17H2,2H3. The van der Waals surface area contributed by atoms with E-state index in [1.807, 2.05) is 6.92 Å². The second-order valence-corrected chi connectivity index (χ2v) is 9.92. The zero-order valence-electron chi connectivity index (χ0n) is 21.3. The van der Waals surface area contributed by atoms with Gasteiger partial charge in [0.25, 0.3) is 0 Å². The average Bonchev–Trinajstić information content (AvgIpc) is 2.90. The van der Waals surface area contributed by atoms with Crippen molar-refractivity contribution < 1.29 is 32.2 Å². The van der Waals surface area contributed by atoms with Crippen LogP contribution in [0.1, 0.15) is 91.6 Å². The van der Waals surface area contributed by atoms with E-state index in [1.54, 1.807) is 18.2 Å². The van der Waals surface area contributed by atoms with Gasteiger partial charge in [-0.25, -0.2) is 18.0 Å². The van der Waals surface area contributed by atoms with Crippen LogP contribution in [0.25, 0.3) is 0 Å². The predicted octanol–water partition coefficient (Wildman–Crippen LogP) is 7.61. The number of hydrogen-bond acceptors (Lipinski definition) is 4. The van der Waals surface area contributed by atoms with Gasteiger partial charge in [0.05, 0.1) is 11.7 Å². The first-order valence-corrected chi connectivity index (χ1v) is 13.2. The van der Waals surface area contributed by atoms with Crippen molar-refractivity contribution >= 4 is 5.97 Å². The Morgan fingerprint density at radius 1 is 0.892 bits per heavy atom. The van der Waals surface area contributed by atoms with E-state index in [0.29, 0.717) is 49.2 Å². The largest absolute Gasteiger partial charge is 0.489 e. The van der Waals surface area contributed by atoms with E-state index in [1.165, 1.54) is 12.1 Å². The first kappa shape index (κ1) is 27.2. The molecule has 200 valence electrons. The van der Waals surface area contributed by atoms with E-state index in [2.05, 4.69) is 6.58 Å². The van der Waals surface area contributed by atoms with Crippen LogP contribution in [-0.4, -0.2) is 31.4 Å². The number of rotatable bonds is 9. The van der Waals surface area contributed by atoms with Crippen LogP contribution in [-0.2, 0) is 9.47 Å². The first-order chi connectivity index (χ1) is 17.9. The molecule has 2 fully saturated rings. The monoisotopic (exact) mass is 516 g/mol. The van der Waals surface area contributed by atoms with Gasteiger partial charge in [-0.1, -0.05) is 24.8 Å². The van der Waals surface area contributed by atoms with Crippen LogP contribution in [0.15, 0.2) is 43.0 Å². The molecule has 4 nitrogen and oxygen atoms in total. The van der Waals surface area contributed by atoms with Crippen LogP contribution in [0.5, 0.6) is 5.75 Å². The van der Waals surface area contributed by atoms with Crippen molar-refractivity contribution in [3.63, 3.8) is 0 Å². The Bertz CT molecular complexity index is 1090. The highest BCUT2D eigenvalue weighted by molar-refractivity contribution is 5.90. The third-order valence-corrected chi connectivity index (χ3v) is 7.57. The van der Waals surface area contributed by atoms with Gasteiger partial charge in [0, 0.05) is 12.7 Å². The van der Waals surface area contributed by atoms with Gasteiger partial charge in [0.1, 0.15) is 24.3 Å². The Morgan fingerprint density at radius 2 is 1.46 bits per heavy atom. The molecule has 0 amide bonds. The zero-order valence-corrected chi connectivity index (χ0v) is 21.3. The minimum absolute atomic E-state index is 0.0124. The molecule has 0 unspecified atom stereocenters. The van der Waals surface area contributed by atoms with E-state index in [0.717, 1.165) is 31.7 Å². The van der Waals surface area contributed by atoms with Crippen molar-refractivity contribution in [1.29, 1.82) is 0 Å². The summed E-state index contributed by atoms with van der Waals surface area (Å²) in [6.07, 6.45) is 6.80. The maximum absolute atomic E-state index is 15.1. The van der Waals surface area contributed by atoms with E-state index in [-0.39, 0.29) is 30.1 Å². The maximum Gasteiger partial charge on any atom is 0.341 e. The molecule has 2 aliphatic carbocycles. The van der Waals surface area contributed by atoms with Gasteiger partial charge >= 0.3 is 5.97 Å². The van der Waals surface area contributed by atoms with Crippen LogP contribution < -0.4 is 4.74 Å². The molecule has 0 aromatic heterocycles. The van der Waals surface area contributed by atoms with Crippen molar-refractivity contribution in [2.45, 2.75) is 82.3 Å². The molecule has 0 bridgehead atoms. The Kier molecular flexibility index (Phi) is 9.30. The third kappa shape index (κ3) is 6.56. The summed E-state index contributed by atoms with van der Waals surface area (Å²) in [5.41, 5.74) is 0.684. The van der Waals surface area contributed by atoms with Crippen LogP contribution in [0.2, 0.25) is 0 Å². The lowest BCUT2D eigenvalue weighted by atomic mass is 9.79. The highest BCUT2D eigenvalue weighted by Crippen LogP contribution is 2.40. The maximum atomic E-state index is 15.1. The lowest BCUT2D eigenvalue weighted by Gasteiger charge is -2.31. The van der Waals surface area contributed by atoms with Crippen LogP contribution in [0.3, 0.4) is 0 Å². The van der Waals surface area contributed by atoms with Crippen molar-refractivity contribution in [2.24, 2.45) is 0 Å². The fourth-order valence-corrected chi connectivity index (χ4v) is 5.60. The van der Waals surface area contributed by atoms with Crippen molar-refractivity contribution in [3.05, 3.63) is 77.1 Å². The third-order valence-electron chi connectivity index (χ3n) is 7.57. The van der Waals surface area contributed by atoms with E-state index < -0.39 is 29.5 Å². The molecule has 0 heterocycles. The van der Waals surface area contributed by atoms with Gasteiger partial charge in [-0.15, -0.1) is 0 Å². The SMILES string of the molecule is C=CCOc1ccc(C(=O)OC2CCC(c3ccc(C4CCC(OCC)CC4)c(F)c3F)CC2)c(F)c1. The molecule has 2 aromatic carbocycles. The fraction of sp³-hybridized carbons (Fsp3) is 0.500. The smallest absolute Gasteiger partial charge is 0.341 e. The van der Waals surface area contributed by atoms with E-state index in [9.17, 15) is 9.18 Å². The molecular weight excluding hydrogens is 481 g/mol. The molecule has 0 atom stereocenters. The second kappa shape index (κ2) is 12.6. The number of hydrogen-bond donors (Lipinski definition) is 0. The number of carbonyl (C=O) groups excluding carboxylic acids is 1. The molecule has 0 N–H and O–H groups in total. The fourth-order valence-electron chi connectivity index (χ4n) is 5.60. The predicted molar refractivity (Wildman–Crippen MR) is 135 cm³/mol. The highest BCUT2D eigenvalue weighted by Gasteiger charge is 2.31. The van der Waals surface area contributed by atoms with Gasteiger partial charge < -0.3 is 14.2 Å². The highest BCUT2D eigenvalue weighted by atomic mass is 19.2. The number of carbonyl (C=O) groups is 1. The molecule has 2 aliphatic rings. The molecule has 2 saturated carbocycles. The lowest BCUT2D eigenvalue weighted by molar-refractivity contribution is 0.0189. The quantitative estimate of drug-likeness (QED) is 0.254. The summed E-state index contributed by atoms with van der Waals surface area (Å²) in [7, 11) is 0. The Balaban J connectivity index is 1.32. The number of benzene rings is 2. The molecule has 0 spiro atoms.